The molecule has 1 aromatic carbocycles. The quantitative estimate of drug-likeness (QED) is 0.710. The van der Waals surface area contributed by atoms with E-state index >= 15 is 0 Å². The van der Waals surface area contributed by atoms with Crippen LogP contribution in [0, 0.1) is 13.8 Å². The molecule has 2 rings (SSSR count). The third-order valence-corrected chi connectivity index (χ3v) is 3.33. The summed E-state index contributed by atoms with van der Waals surface area (Å²) in [6.07, 6.45) is 10.7. The van der Waals surface area contributed by atoms with Gasteiger partial charge in [-0.15, -0.1) is 0 Å². The molecule has 0 saturated carbocycles. The number of aromatic amines is 1. The Kier molecular flexibility index (Phi) is 4.06. The highest BCUT2D eigenvalue weighted by Gasteiger charge is 2.05. The topological polar surface area (TPSA) is 15.8 Å². The zero-order valence-corrected chi connectivity index (χ0v) is 12.1. The molecule has 1 nitrogen and oxygen atoms in total. The predicted octanol–water partition coefficient (Wildman–Crippen LogP) is 5.32. The minimum absolute atomic E-state index is 1.20. The fraction of sp³-hybridized carbons (Fsp3) is 0.222. The molecule has 0 fully saturated rings. The van der Waals surface area contributed by atoms with Gasteiger partial charge in [0.15, 0.2) is 0 Å². The van der Waals surface area contributed by atoms with Crippen molar-refractivity contribution in [1.29, 1.82) is 0 Å². The molecule has 0 amide bonds. The number of allylic oxidation sites excluding steroid dienone is 5. The van der Waals surface area contributed by atoms with Gasteiger partial charge >= 0.3 is 0 Å². The predicted molar refractivity (Wildman–Crippen MR) is 85.4 cm³/mol. The van der Waals surface area contributed by atoms with Crippen molar-refractivity contribution in [2.24, 2.45) is 0 Å². The van der Waals surface area contributed by atoms with Gasteiger partial charge in [0.1, 0.15) is 0 Å². The van der Waals surface area contributed by atoms with Crippen LogP contribution in [-0.2, 0) is 0 Å². The number of aromatic nitrogens is 1. The van der Waals surface area contributed by atoms with Crippen molar-refractivity contribution in [2.75, 3.05) is 0 Å². The molecule has 0 unspecified atom stereocenters. The summed E-state index contributed by atoms with van der Waals surface area (Å²) < 4.78 is 0. The van der Waals surface area contributed by atoms with Crippen LogP contribution in [-0.4, -0.2) is 4.98 Å². The molecule has 0 aliphatic rings. The largest absolute Gasteiger partial charge is 0.358 e. The normalized spacial score (nSPS) is 13.2. The molecule has 0 spiro atoms. The van der Waals surface area contributed by atoms with E-state index < -0.39 is 0 Å². The number of rotatable bonds is 3. The van der Waals surface area contributed by atoms with Crippen LogP contribution in [0.25, 0.3) is 17.0 Å². The molecule has 19 heavy (non-hydrogen) atoms. The lowest BCUT2D eigenvalue weighted by atomic mass is 10.1. The Bertz CT molecular complexity index is 666. The maximum Gasteiger partial charge on any atom is 0.0462 e. The fourth-order valence-corrected chi connectivity index (χ4v) is 2.30. The molecular weight excluding hydrogens is 230 g/mol. The van der Waals surface area contributed by atoms with E-state index in [2.05, 4.69) is 74.3 Å². The van der Waals surface area contributed by atoms with Crippen molar-refractivity contribution in [3.8, 4) is 0 Å². The van der Waals surface area contributed by atoms with E-state index in [1.165, 1.54) is 33.3 Å². The standard InChI is InChI=1S/C18H21N/c1-5-7-15(6-2)9-10-16-14(4)19-18-11-8-13(3)12-17(16)18/h5-12,19H,1-4H3/b7-5-,10-9+,15-6+. The van der Waals surface area contributed by atoms with Crippen molar-refractivity contribution in [1.82, 2.24) is 4.98 Å². The van der Waals surface area contributed by atoms with Gasteiger partial charge in [0.05, 0.1) is 0 Å². The molecule has 0 atom stereocenters. The van der Waals surface area contributed by atoms with Crippen molar-refractivity contribution in [2.45, 2.75) is 27.7 Å². The Morgan fingerprint density at radius 1 is 1.11 bits per heavy atom. The number of nitrogens with one attached hydrogen (secondary N) is 1. The van der Waals surface area contributed by atoms with E-state index in [4.69, 9.17) is 0 Å². The lowest BCUT2D eigenvalue weighted by Gasteiger charge is -1.97. The molecule has 1 heteroatoms. The van der Waals surface area contributed by atoms with E-state index in [1.807, 2.05) is 6.92 Å². The molecule has 0 saturated heterocycles. The average molecular weight is 251 g/mol. The zero-order chi connectivity index (χ0) is 13.8. The van der Waals surface area contributed by atoms with Crippen LogP contribution in [0.4, 0.5) is 0 Å². The van der Waals surface area contributed by atoms with Crippen LogP contribution in [0.1, 0.15) is 30.7 Å². The van der Waals surface area contributed by atoms with Gasteiger partial charge in [-0.3, -0.25) is 0 Å². The van der Waals surface area contributed by atoms with Gasteiger partial charge in [-0.2, -0.15) is 0 Å². The van der Waals surface area contributed by atoms with Gasteiger partial charge in [0.25, 0.3) is 0 Å². The summed E-state index contributed by atoms with van der Waals surface area (Å²) in [5.74, 6) is 0. The Balaban J connectivity index is 2.48. The molecular formula is C18H21N. The maximum atomic E-state index is 3.44. The highest BCUT2D eigenvalue weighted by atomic mass is 14.7. The van der Waals surface area contributed by atoms with Crippen LogP contribution >= 0.6 is 0 Å². The van der Waals surface area contributed by atoms with Gasteiger partial charge in [0, 0.05) is 22.2 Å². The van der Waals surface area contributed by atoms with Crippen LogP contribution in [0.15, 0.2) is 48.1 Å². The van der Waals surface area contributed by atoms with Crippen molar-refractivity contribution >= 4 is 17.0 Å². The summed E-state index contributed by atoms with van der Waals surface area (Å²) in [6, 6.07) is 6.53. The monoisotopic (exact) mass is 251 g/mol. The van der Waals surface area contributed by atoms with Gasteiger partial charge in [-0.1, -0.05) is 42.0 Å². The number of aryl methyl sites for hydroxylation is 2. The number of hydrogen-bond donors (Lipinski definition) is 1. The first kappa shape index (κ1) is 13.4. The van der Waals surface area contributed by atoms with Gasteiger partial charge in [-0.05, 0) is 45.4 Å². The van der Waals surface area contributed by atoms with Crippen LogP contribution in [0.3, 0.4) is 0 Å². The summed E-state index contributed by atoms with van der Waals surface area (Å²) in [6.45, 7) is 8.36. The van der Waals surface area contributed by atoms with Gasteiger partial charge < -0.3 is 4.98 Å². The minimum atomic E-state index is 1.20. The third kappa shape index (κ3) is 2.87. The van der Waals surface area contributed by atoms with E-state index in [1.54, 1.807) is 0 Å². The summed E-state index contributed by atoms with van der Waals surface area (Å²) in [7, 11) is 0. The van der Waals surface area contributed by atoms with E-state index in [9.17, 15) is 0 Å². The summed E-state index contributed by atoms with van der Waals surface area (Å²) >= 11 is 0. The number of hydrogen-bond acceptors (Lipinski definition) is 0. The maximum absolute atomic E-state index is 3.44. The van der Waals surface area contributed by atoms with Gasteiger partial charge in [-0.25, -0.2) is 0 Å². The zero-order valence-electron chi connectivity index (χ0n) is 12.1. The molecule has 1 heterocycles. The second-order valence-corrected chi connectivity index (χ2v) is 4.83. The first-order valence-electron chi connectivity index (χ1n) is 6.71. The number of benzene rings is 1. The van der Waals surface area contributed by atoms with E-state index in [0.717, 1.165) is 0 Å². The minimum Gasteiger partial charge on any atom is -0.358 e. The third-order valence-electron chi connectivity index (χ3n) is 3.33. The Morgan fingerprint density at radius 3 is 2.58 bits per heavy atom. The highest BCUT2D eigenvalue weighted by molar-refractivity contribution is 5.91. The van der Waals surface area contributed by atoms with Crippen molar-refractivity contribution in [3.63, 3.8) is 0 Å². The molecule has 0 bridgehead atoms. The fourth-order valence-electron chi connectivity index (χ4n) is 2.30. The van der Waals surface area contributed by atoms with Crippen molar-refractivity contribution in [3.05, 3.63) is 64.9 Å². The molecule has 1 N–H and O–H groups in total. The van der Waals surface area contributed by atoms with Crippen LogP contribution < -0.4 is 0 Å². The summed E-state index contributed by atoms with van der Waals surface area (Å²) in [5.41, 5.74) is 6.22. The molecule has 0 aliphatic heterocycles. The molecule has 1 aromatic heterocycles. The molecule has 98 valence electrons. The first-order valence-corrected chi connectivity index (χ1v) is 6.71. The average Bonchev–Trinajstić information content (AvgIpc) is 2.70. The Hall–Kier alpha value is -2.02. The highest BCUT2D eigenvalue weighted by Crippen LogP contribution is 2.25. The summed E-state index contributed by atoms with van der Waals surface area (Å²) in [4.78, 5) is 3.44. The number of fused-ring (bicyclic) bond motifs is 1. The lowest BCUT2D eigenvalue weighted by molar-refractivity contribution is 1.29. The van der Waals surface area contributed by atoms with Crippen LogP contribution in [0.5, 0.6) is 0 Å². The summed E-state index contributed by atoms with van der Waals surface area (Å²) in [5, 5.41) is 1.30. The van der Waals surface area contributed by atoms with Crippen molar-refractivity contribution < 1.29 is 0 Å². The molecule has 0 radical (unpaired) electrons. The number of H-pyrrole nitrogens is 1. The SMILES string of the molecule is C\C=C/C(/C=C/c1c(C)[nH]c2ccc(C)cc12)=C\C. The lowest BCUT2D eigenvalue weighted by Crippen LogP contribution is -1.76. The van der Waals surface area contributed by atoms with Crippen LogP contribution in [0.2, 0.25) is 0 Å². The molecule has 0 aliphatic carbocycles. The Morgan fingerprint density at radius 2 is 1.89 bits per heavy atom. The smallest absolute Gasteiger partial charge is 0.0462 e. The second kappa shape index (κ2) is 5.75. The first-order chi connectivity index (χ1) is 9.15. The van der Waals surface area contributed by atoms with E-state index in [0.29, 0.717) is 0 Å². The second-order valence-electron chi connectivity index (χ2n) is 4.83. The molecule has 2 aromatic rings. The van der Waals surface area contributed by atoms with E-state index in [-0.39, 0.29) is 0 Å². The Labute approximate surface area is 115 Å². The van der Waals surface area contributed by atoms with Gasteiger partial charge in [0.2, 0.25) is 0 Å².